The molecule has 0 fully saturated rings. The van der Waals surface area contributed by atoms with Crippen LogP contribution in [0.2, 0.25) is 0 Å². The fourth-order valence-electron chi connectivity index (χ4n) is 5.25. The Hall–Kier alpha value is -4.32. The zero-order chi connectivity index (χ0) is 35.4. The molecule has 1 amide bonds. The van der Waals surface area contributed by atoms with Crippen molar-refractivity contribution in [2.75, 3.05) is 36.6 Å². The summed E-state index contributed by atoms with van der Waals surface area (Å²) < 4.78 is 133. The normalized spacial score (nSPS) is 16.9. The van der Waals surface area contributed by atoms with E-state index in [2.05, 4.69) is 15.3 Å². The molecule has 0 aliphatic carbocycles. The molecule has 262 valence electrons. The minimum atomic E-state index is -5.11. The van der Waals surface area contributed by atoms with Crippen molar-refractivity contribution in [3.63, 3.8) is 0 Å². The fourth-order valence-corrected chi connectivity index (χ4v) is 5.25. The van der Waals surface area contributed by atoms with Crippen LogP contribution in [-0.4, -0.2) is 58.7 Å². The molecule has 2 atom stereocenters. The van der Waals surface area contributed by atoms with Gasteiger partial charge in [0, 0.05) is 12.5 Å². The Balaban J connectivity index is 1.76. The Labute approximate surface area is 267 Å². The second kappa shape index (κ2) is 14.4. The van der Waals surface area contributed by atoms with Gasteiger partial charge in [-0.15, -0.1) is 0 Å². The summed E-state index contributed by atoms with van der Waals surface area (Å²) in [7, 11) is 0. The topological polar surface area (TPSA) is 117 Å². The quantitative estimate of drug-likeness (QED) is 0.141. The second-order valence-electron chi connectivity index (χ2n) is 10.7. The number of hydrogen-bond acceptors (Lipinski definition) is 7. The zero-order valence-corrected chi connectivity index (χ0v) is 25.0. The van der Waals surface area contributed by atoms with E-state index in [-0.39, 0.29) is 74.0 Å². The first-order chi connectivity index (χ1) is 22.4. The number of nitrogens with one attached hydrogen (secondary N) is 1. The van der Waals surface area contributed by atoms with Crippen molar-refractivity contribution in [1.82, 2.24) is 9.97 Å². The van der Waals surface area contributed by atoms with Crippen molar-refractivity contribution in [2.45, 2.75) is 56.8 Å². The summed E-state index contributed by atoms with van der Waals surface area (Å²) in [5, 5.41) is 21.6. The van der Waals surface area contributed by atoms with Gasteiger partial charge in [-0.05, 0) is 60.4 Å². The largest absolute Gasteiger partial charge is 0.488 e. The molecule has 1 aliphatic heterocycles. The van der Waals surface area contributed by atoms with Gasteiger partial charge in [-0.3, -0.25) is 4.90 Å². The van der Waals surface area contributed by atoms with E-state index in [9.17, 15) is 49.4 Å². The van der Waals surface area contributed by atoms with Gasteiger partial charge in [0.1, 0.15) is 6.61 Å². The van der Waals surface area contributed by atoms with E-state index in [1.807, 2.05) is 0 Å². The second-order valence-corrected chi connectivity index (χ2v) is 10.7. The van der Waals surface area contributed by atoms with Crippen LogP contribution in [0.25, 0.3) is 0 Å². The Kier molecular flexibility index (Phi) is 11.0. The van der Waals surface area contributed by atoms with Crippen LogP contribution in [0.3, 0.4) is 0 Å². The molecular formula is C30H29F9N4O5. The first kappa shape index (κ1) is 36.5. The number of aliphatic hydroxyl groups excluding tert-OH is 1. The van der Waals surface area contributed by atoms with Crippen LogP contribution in [0.15, 0.2) is 42.6 Å². The number of rotatable bonds is 11. The fraction of sp³-hybridized carbons (Fsp3) is 0.433. The molecule has 0 spiro atoms. The number of fused-ring (bicyclic) bond motifs is 1. The Bertz CT molecular complexity index is 1570. The third-order valence-corrected chi connectivity index (χ3v) is 7.41. The summed E-state index contributed by atoms with van der Waals surface area (Å²) in [5.41, 5.74) is -4.80. The lowest BCUT2D eigenvalue weighted by atomic mass is 9.89. The van der Waals surface area contributed by atoms with Crippen molar-refractivity contribution < 1.29 is 64.0 Å². The molecular weight excluding hydrogens is 667 g/mol. The van der Waals surface area contributed by atoms with E-state index in [4.69, 9.17) is 14.6 Å². The number of alkyl halides is 9. The highest BCUT2D eigenvalue weighted by Crippen LogP contribution is 2.43. The third kappa shape index (κ3) is 8.77. The number of benzene rings is 2. The highest BCUT2D eigenvalue weighted by Gasteiger charge is 2.40. The van der Waals surface area contributed by atoms with Gasteiger partial charge in [0.2, 0.25) is 5.95 Å². The van der Waals surface area contributed by atoms with E-state index in [0.29, 0.717) is 12.1 Å². The maximum Gasteiger partial charge on any atom is 0.416 e. The Morgan fingerprint density at radius 3 is 2.15 bits per heavy atom. The van der Waals surface area contributed by atoms with E-state index >= 15 is 0 Å². The van der Waals surface area contributed by atoms with Crippen LogP contribution in [0.4, 0.5) is 55.9 Å². The molecule has 3 N–H and O–H groups in total. The lowest BCUT2D eigenvalue weighted by Gasteiger charge is -2.39. The zero-order valence-electron chi connectivity index (χ0n) is 25.0. The first-order valence-electron chi connectivity index (χ1n) is 14.4. The number of nitrogens with zero attached hydrogens (tertiary/aromatic N) is 3. The summed E-state index contributed by atoms with van der Waals surface area (Å²) in [5.74, 6) is -0.394. The molecule has 1 aliphatic rings. The maximum absolute atomic E-state index is 13.6. The van der Waals surface area contributed by atoms with Gasteiger partial charge in [0.15, 0.2) is 5.75 Å². The molecule has 9 nitrogen and oxygen atoms in total. The number of carbonyl (C=O) groups is 1. The van der Waals surface area contributed by atoms with Gasteiger partial charge in [-0.25, -0.2) is 14.8 Å². The third-order valence-electron chi connectivity index (χ3n) is 7.41. The number of anilines is 2. The molecule has 0 saturated heterocycles. The summed E-state index contributed by atoms with van der Waals surface area (Å²) in [4.78, 5) is 21.4. The van der Waals surface area contributed by atoms with Crippen LogP contribution in [0, 0.1) is 0 Å². The van der Waals surface area contributed by atoms with Gasteiger partial charge in [0.05, 0.1) is 60.1 Å². The van der Waals surface area contributed by atoms with Crippen LogP contribution >= 0.6 is 0 Å². The molecule has 0 bridgehead atoms. The van der Waals surface area contributed by atoms with Crippen molar-refractivity contribution in [3.05, 3.63) is 76.1 Å². The smallest absolute Gasteiger partial charge is 0.416 e. The molecule has 18 heteroatoms. The predicted octanol–water partition coefficient (Wildman–Crippen LogP) is 7.33. The molecule has 0 unspecified atom stereocenters. The monoisotopic (exact) mass is 696 g/mol. The van der Waals surface area contributed by atoms with Crippen LogP contribution < -0.4 is 15.0 Å². The van der Waals surface area contributed by atoms with Crippen LogP contribution in [0.5, 0.6) is 5.75 Å². The summed E-state index contributed by atoms with van der Waals surface area (Å²) in [6, 6.07) is 1.95. The predicted molar refractivity (Wildman–Crippen MR) is 152 cm³/mol. The van der Waals surface area contributed by atoms with Gasteiger partial charge >= 0.3 is 24.6 Å². The number of carboxylic acid groups (broad SMARTS) is 1. The number of hydrogen-bond donors (Lipinski definition) is 3. The number of amides is 1. The average Bonchev–Trinajstić information content (AvgIpc) is 2.99. The van der Waals surface area contributed by atoms with Crippen molar-refractivity contribution >= 4 is 17.7 Å². The van der Waals surface area contributed by atoms with E-state index in [1.165, 1.54) is 0 Å². The Morgan fingerprint density at radius 1 is 0.938 bits per heavy atom. The molecule has 4 rings (SSSR count). The lowest BCUT2D eigenvalue weighted by Crippen LogP contribution is -2.45. The van der Waals surface area contributed by atoms with E-state index in [1.54, 1.807) is 6.92 Å². The first-order valence-corrected chi connectivity index (χ1v) is 14.4. The van der Waals surface area contributed by atoms with Crippen molar-refractivity contribution in [2.24, 2.45) is 0 Å². The van der Waals surface area contributed by atoms with E-state index < -0.39 is 65.4 Å². The SMILES string of the molecule is CC[C@@H]1C[C@H](Nc2ncc(OCCOCCO)c(Cc3cc(C(F)(F)F)cc(C(F)(F)F)c3)n2)c2cc(C(F)(F)F)ccc2N1C(=O)O. The average molecular weight is 697 g/mol. The number of halogens is 9. The molecule has 0 saturated carbocycles. The van der Waals surface area contributed by atoms with Gasteiger partial charge in [0.25, 0.3) is 0 Å². The summed E-state index contributed by atoms with van der Waals surface area (Å²) >= 11 is 0. The number of aliphatic hydroxyl groups is 1. The number of ether oxygens (including phenoxy) is 2. The molecule has 0 radical (unpaired) electrons. The standard InChI is InChI=1S/C30H29F9N4O5/c1-2-20-14-22(21-13-17(28(31,32)33)3-4-24(21)43(20)27(45)46)41-26-40-15-25(48-8-7-47-6-5-44)23(42-26)11-16-9-18(29(34,35)36)12-19(10-16)30(37,38)39/h3-4,9-10,12-13,15,20,22,44H,2,5-8,11,14H2,1H3,(H,45,46)(H,40,41,42)/t20-,22+/m1/s1. The lowest BCUT2D eigenvalue weighted by molar-refractivity contribution is -0.143. The summed E-state index contributed by atoms with van der Waals surface area (Å²) in [6.45, 7) is 1.14. The minimum absolute atomic E-state index is 0.0159. The Morgan fingerprint density at radius 2 is 1.58 bits per heavy atom. The van der Waals surface area contributed by atoms with Gasteiger partial charge < -0.3 is 25.0 Å². The maximum atomic E-state index is 13.6. The molecule has 48 heavy (non-hydrogen) atoms. The van der Waals surface area contributed by atoms with Gasteiger partial charge in [-0.2, -0.15) is 39.5 Å². The number of aromatic nitrogens is 2. The highest BCUT2D eigenvalue weighted by molar-refractivity contribution is 5.89. The molecule has 3 aromatic rings. The summed E-state index contributed by atoms with van der Waals surface area (Å²) in [6.07, 6.45) is -15.6. The molecule has 2 aromatic carbocycles. The van der Waals surface area contributed by atoms with Crippen molar-refractivity contribution in [1.29, 1.82) is 0 Å². The molecule has 1 aromatic heterocycles. The van der Waals surface area contributed by atoms with Gasteiger partial charge in [-0.1, -0.05) is 6.92 Å². The minimum Gasteiger partial charge on any atom is -0.488 e. The van der Waals surface area contributed by atoms with E-state index in [0.717, 1.165) is 29.3 Å². The van der Waals surface area contributed by atoms with Crippen LogP contribution in [0.1, 0.15) is 59.3 Å². The highest BCUT2D eigenvalue weighted by atomic mass is 19.4. The van der Waals surface area contributed by atoms with Crippen molar-refractivity contribution in [3.8, 4) is 5.75 Å². The molecule has 2 heterocycles. The van der Waals surface area contributed by atoms with Crippen LogP contribution in [-0.2, 0) is 29.7 Å².